The number of carbonyl (C=O) groups is 1. The van der Waals surface area contributed by atoms with Gasteiger partial charge in [-0.25, -0.2) is 4.79 Å². The molecule has 0 unspecified atom stereocenters. The lowest BCUT2D eigenvalue weighted by molar-refractivity contribution is -0.138. The van der Waals surface area contributed by atoms with E-state index in [0.29, 0.717) is 12.2 Å². The second-order valence-electron chi connectivity index (χ2n) is 2.10. The fourth-order valence-corrected chi connectivity index (χ4v) is 0.553. The summed E-state index contributed by atoms with van der Waals surface area (Å²) in [5.74, 6) is -0.280. The summed E-state index contributed by atoms with van der Waals surface area (Å²) in [4.78, 5) is 10.9. The van der Waals surface area contributed by atoms with Gasteiger partial charge in [0.15, 0.2) is 0 Å². The number of hydrogen-bond acceptors (Lipinski definition) is 2. The Kier molecular flexibility index (Phi) is 5.22. The van der Waals surface area contributed by atoms with E-state index in [1.165, 1.54) is 0 Å². The maximum atomic E-state index is 10.9. The molecular weight excluding hydrogens is 140 g/mol. The number of rotatable bonds is 3. The fraction of sp³-hybridized carbons (Fsp3) is 0.556. The largest absolute Gasteiger partial charge is 0.462 e. The van der Waals surface area contributed by atoms with Crippen molar-refractivity contribution in [2.45, 2.75) is 27.2 Å². The summed E-state index contributed by atoms with van der Waals surface area (Å²) in [6.07, 6.45) is 2.70. The monoisotopic (exact) mass is 154 g/mol. The van der Waals surface area contributed by atoms with Gasteiger partial charge in [0.2, 0.25) is 0 Å². The van der Waals surface area contributed by atoms with Crippen molar-refractivity contribution in [1.29, 1.82) is 0 Å². The minimum atomic E-state index is -0.280. The SMILES string of the molecule is CCC=C=C(C)C(=O)OCC. The van der Waals surface area contributed by atoms with Crippen molar-refractivity contribution >= 4 is 5.97 Å². The van der Waals surface area contributed by atoms with Crippen LogP contribution in [-0.4, -0.2) is 12.6 Å². The van der Waals surface area contributed by atoms with Gasteiger partial charge in [-0.15, -0.1) is 5.73 Å². The molecule has 0 fully saturated rings. The summed E-state index contributed by atoms with van der Waals surface area (Å²) in [5, 5.41) is 0. The summed E-state index contributed by atoms with van der Waals surface area (Å²) in [7, 11) is 0. The molecule has 0 radical (unpaired) electrons. The van der Waals surface area contributed by atoms with Crippen molar-refractivity contribution in [3.05, 3.63) is 17.4 Å². The Bertz CT molecular complexity index is 186. The molecular formula is C9H14O2. The Morgan fingerprint density at radius 2 is 2.18 bits per heavy atom. The average Bonchev–Trinajstić information content (AvgIpc) is 2.00. The maximum absolute atomic E-state index is 10.9. The summed E-state index contributed by atoms with van der Waals surface area (Å²) in [5.41, 5.74) is 3.37. The summed E-state index contributed by atoms with van der Waals surface area (Å²) >= 11 is 0. The molecule has 0 aliphatic heterocycles. The second-order valence-corrected chi connectivity index (χ2v) is 2.10. The van der Waals surface area contributed by atoms with E-state index in [4.69, 9.17) is 4.74 Å². The van der Waals surface area contributed by atoms with Gasteiger partial charge in [-0.3, -0.25) is 0 Å². The number of carbonyl (C=O) groups excluding carboxylic acids is 1. The molecule has 62 valence electrons. The molecule has 2 heteroatoms. The molecule has 0 bridgehead atoms. The van der Waals surface area contributed by atoms with E-state index in [-0.39, 0.29) is 5.97 Å². The third-order valence-corrected chi connectivity index (χ3v) is 1.10. The Hall–Kier alpha value is -1.01. The molecule has 0 aliphatic rings. The first-order valence-electron chi connectivity index (χ1n) is 3.81. The van der Waals surface area contributed by atoms with E-state index < -0.39 is 0 Å². The zero-order valence-corrected chi connectivity index (χ0v) is 7.31. The van der Waals surface area contributed by atoms with Crippen molar-refractivity contribution in [1.82, 2.24) is 0 Å². The topological polar surface area (TPSA) is 26.3 Å². The van der Waals surface area contributed by atoms with E-state index in [0.717, 1.165) is 6.42 Å². The molecule has 0 aromatic carbocycles. The lowest BCUT2D eigenvalue weighted by Gasteiger charge is -1.97. The Morgan fingerprint density at radius 3 is 2.64 bits per heavy atom. The zero-order valence-electron chi connectivity index (χ0n) is 7.31. The maximum Gasteiger partial charge on any atom is 0.341 e. The van der Waals surface area contributed by atoms with E-state index in [1.807, 2.05) is 13.0 Å². The summed E-state index contributed by atoms with van der Waals surface area (Å²) < 4.78 is 4.74. The van der Waals surface area contributed by atoms with Crippen LogP contribution in [0.1, 0.15) is 27.2 Å². The lowest BCUT2D eigenvalue weighted by Crippen LogP contribution is -2.03. The predicted molar refractivity (Wildman–Crippen MR) is 44.2 cm³/mol. The first-order valence-corrected chi connectivity index (χ1v) is 3.81. The molecule has 0 atom stereocenters. The number of esters is 1. The molecule has 2 nitrogen and oxygen atoms in total. The van der Waals surface area contributed by atoms with Crippen molar-refractivity contribution in [3.8, 4) is 0 Å². The minimum absolute atomic E-state index is 0.280. The van der Waals surface area contributed by atoms with Gasteiger partial charge in [0.05, 0.1) is 12.2 Å². The molecule has 0 spiro atoms. The highest BCUT2D eigenvalue weighted by molar-refractivity contribution is 5.87. The predicted octanol–water partition coefficient (Wildman–Crippen LogP) is 2.06. The normalized spacial score (nSPS) is 8.27. The fourth-order valence-electron chi connectivity index (χ4n) is 0.553. The van der Waals surface area contributed by atoms with Crippen LogP contribution in [-0.2, 0) is 9.53 Å². The van der Waals surface area contributed by atoms with E-state index in [1.54, 1.807) is 13.8 Å². The van der Waals surface area contributed by atoms with Crippen LogP contribution in [0.4, 0.5) is 0 Å². The van der Waals surface area contributed by atoms with Crippen LogP contribution in [0.5, 0.6) is 0 Å². The van der Waals surface area contributed by atoms with E-state index in [9.17, 15) is 4.79 Å². The van der Waals surface area contributed by atoms with Gasteiger partial charge >= 0.3 is 5.97 Å². The molecule has 0 aromatic rings. The van der Waals surface area contributed by atoms with Crippen molar-refractivity contribution in [2.24, 2.45) is 0 Å². The van der Waals surface area contributed by atoms with E-state index in [2.05, 4.69) is 5.73 Å². The number of ether oxygens (including phenoxy) is 1. The molecule has 0 aliphatic carbocycles. The summed E-state index contributed by atoms with van der Waals surface area (Å²) in [6.45, 7) is 5.90. The highest BCUT2D eigenvalue weighted by Crippen LogP contribution is 1.93. The third kappa shape index (κ3) is 4.40. The first kappa shape index (κ1) is 9.99. The highest BCUT2D eigenvalue weighted by atomic mass is 16.5. The van der Waals surface area contributed by atoms with Crippen LogP contribution < -0.4 is 0 Å². The summed E-state index contributed by atoms with van der Waals surface area (Å²) in [6, 6.07) is 0. The Balaban J connectivity index is 4.12. The molecule has 0 saturated heterocycles. The number of hydrogen-bond donors (Lipinski definition) is 0. The van der Waals surface area contributed by atoms with Crippen LogP contribution in [0, 0.1) is 0 Å². The zero-order chi connectivity index (χ0) is 8.69. The van der Waals surface area contributed by atoms with Crippen LogP contribution in [0.15, 0.2) is 17.4 Å². The van der Waals surface area contributed by atoms with Gasteiger partial charge in [-0.2, -0.15) is 0 Å². The molecule has 0 saturated carbocycles. The third-order valence-electron chi connectivity index (χ3n) is 1.10. The van der Waals surface area contributed by atoms with Gasteiger partial charge in [-0.1, -0.05) is 6.92 Å². The molecule has 0 heterocycles. The van der Waals surface area contributed by atoms with Gasteiger partial charge in [-0.05, 0) is 26.3 Å². The van der Waals surface area contributed by atoms with Gasteiger partial charge in [0, 0.05) is 0 Å². The van der Waals surface area contributed by atoms with Crippen LogP contribution in [0.2, 0.25) is 0 Å². The lowest BCUT2D eigenvalue weighted by atomic mass is 10.3. The second kappa shape index (κ2) is 5.75. The van der Waals surface area contributed by atoms with Crippen molar-refractivity contribution in [2.75, 3.05) is 6.61 Å². The van der Waals surface area contributed by atoms with Crippen LogP contribution >= 0.6 is 0 Å². The Morgan fingerprint density at radius 1 is 1.55 bits per heavy atom. The smallest absolute Gasteiger partial charge is 0.341 e. The molecule has 0 rings (SSSR count). The van der Waals surface area contributed by atoms with Crippen molar-refractivity contribution in [3.63, 3.8) is 0 Å². The van der Waals surface area contributed by atoms with Crippen LogP contribution in [0.3, 0.4) is 0 Å². The first-order chi connectivity index (χ1) is 5.22. The molecule has 0 amide bonds. The average molecular weight is 154 g/mol. The minimum Gasteiger partial charge on any atom is -0.462 e. The Labute approximate surface area is 67.6 Å². The van der Waals surface area contributed by atoms with E-state index >= 15 is 0 Å². The quantitative estimate of drug-likeness (QED) is 0.353. The van der Waals surface area contributed by atoms with Crippen LogP contribution in [0.25, 0.3) is 0 Å². The molecule has 0 aromatic heterocycles. The standard InChI is InChI=1S/C9H14O2/c1-4-6-7-8(3)9(10)11-5-2/h6H,4-5H2,1-3H3. The van der Waals surface area contributed by atoms with Gasteiger partial charge < -0.3 is 4.74 Å². The van der Waals surface area contributed by atoms with Gasteiger partial charge in [0.1, 0.15) is 0 Å². The molecule has 11 heavy (non-hydrogen) atoms. The van der Waals surface area contributed by atoms with Gasteiger partial charge in [0.25, 0.3) is 0 Å². The van der Waals surface area contributed by atoms with Crippen molar-refractivity contribution < 1.29 is 9.53 Å². The molecule has 0 N–H and O–H groups in total. The highest BCUT2D eigenvalue weighted by Gasteiger charge is 2.01.